The van der Waals surface area contributed by atoms with Gasteiger partial charge in [0.05, 0.1) is 18.5 Å². The molecule has 0 amide bonds. The first-order valence-corrected chi connectivity index (χ1v) is 11.0. The Kier molecular flexibility index (Phi) is 10.7. The SMILES string of the molecule is CN=C(NCCCc1nn(-c2ccccc2)c(N)c1C#N)NCCc1cc(C)ccc1OC.I. The number of hydrogen-bond donors (Lipinski definition) is 3. The molecule has 4 N–H and O–H groups in total. The van der Waals surface area contributed by atoms with Gasteiger partial charge in [-0.1, -0.05) is 35.9 Å². The van der Waals surface area contributed by atoms with Gasteiger partial charge in [-0.15, -0.1) is 24.0 Å². The maximum Gasteiger partial charge on any atom is 0.190 e. The van der Waals surface area contributed by atoms with Crippen molar-refractivity contribution < 1.29 is 4.74 Å². The number of aromatic nitrogens is 2. The first-order valence-electron chi connectivity index (χ1n) is 11.0. The number of rotatable bonds is 9. The van der Waals surface area contributed by atoms with E-state index in [0.29, 0.717) is 30.0 Å². The second kappa shape index (κ2) is 13.4. The van der Waals surface area contributed by atoms with E-state index in [2.05, 4.69) is 39.8 Å². The van der Waals surface area contributed by atoms with Crippen LogP contribution in [0.3, 0.4) is 0 Å². The van der Waals surface area contributed by atoms with Gasteiger partial charge in [-0.3, -0.25) is 4.99 Å². The van der Waals surface area contributed by atoms with Crippen molar-refractivity contribution in [2.75, 3.05) is 33.0 Å². The molecule has 0 bridgehead atoms. The minimum Gasteiger partial charge on any atom is -0.496 e. The van der Waals surface area contributed by atoms with Crippen LogP contribution in [0.25, 0.3) is 5.69 Å². The number of halogens is 1. The number of nitrogens with two attached hydrogens (primary N) is 1. The van der Waals surface area contributed by atoms with E-state index >= 15 is 0 Å². The topological polar surface area (TPSA) is 113 Å². The third-order valence-electron chi connectivity index (χ3n) is 5.34. The lowest BCUT2D eigenvalue weighted by molar-refractivity contribution is 0.409. The largest absolute Gasteiger partial charge is 0.496 e. The third-order valence-corrected chi connectivity index (χ3v) is 5.34. The zero-order chi connectivity index (χ0) is 23.6. The van der Waals surface area contributed by atoms with Gasteiger partial charge in [0.25, 0.3) is 0 Å². The number of anilines is 1. The number of methoxy groups -OCH3 is 1. The molecule has 3 aromatic rings. The Morgan fingerprint density at radius 3 is 2.56 bits per heavy atom. The fraction of sp³-hybridized carbons (Fsp3) is 0.320. The summed E-state index contributed by atoms with van der Waals surface area (Å²) in [5.74, 6) is 2.00. The molecule has 0 saturated carbocycles. The molecular weight excluding hydrogens is 541 g/mol. The van der Waals surface area contributed by atoms with Crippen molar-refractivity contribution >= 4 is 35.8 Å². The summed E-state index contributed by atoms with van der Waals surface area (Å²) in [6, 6.07) is 18.0. The van der Waals surface area contributed by atoms with Gasteiger partial charge in [0.1, 0.15) is 23.2 Å². The van der Waals surface area contributed by atoms with E-state index in [0.717, 1.165) is 42.3 Å². The highest BCUT2D eigenvalue weighted by Crippen LogP contribution is 2.21. The minimum absolute atomic E-state index is 0. The lowest BCUT2D eigenvalue weighted by Crippen LogP contribution is -2.38. The number of nitrogens with one attached hydrogen (secondary N) is 2. The van der Waals surface area contributed by atoms with Crippen molar-refractivity contribution in [2.45, 2.75) is 26.2 Å². The molecule has 0 radical (unpaired) electrons. The molecule has 0 fully saturated rings. The monoisotopic (exact) mass is 573 g/mol. The molecule has 1 heterocycles. The van der Waals surface area contributed by atoms with E-state index in [9.17, 15) is 5.26 Å². The van der Waals surface area contributed by atoms with Crippen LogP contribution in [-0.2, 0) is 12.8 Å². The van der Waals surface area contributed by atoms with Crippen molar-refractivity contribution in [2.24, 2.45) is 4.99 Å². The van der Waals surface area contributed by atoms with Crippen LogP contribution in [0.2, 0.25) is 0 Å². The summed E-state index contributed by atoms with van der Waals surface area (Å²) >= 11 is 0. The summed E-state index contributed by atoms with van der Waals surface area (Å²) in [4.78, 5) is 4.29. The summed E-state index contributed by atoms with van der Waals surface area (Å²) in [5, 5.41) is 20.8. The van der Waals surface area contributed by atoms with E-state index in [1.165, 1.54) is 5.56 Å². The molecule has 3 rings (SSSR count). The number of guanidine groups is 1. The van der Waals surface area contributed by atoms with Crippen molar-refractivity contribution in [3.8, 4) is 17.5 Å². The standard InChI is InChI=1S/C25H31N7O.HI/c1-18-11-12-23(33-3)19(16-18)13-15-30-25(28-2)29-14-7-10-22-21(17-26)24(27)32(31-22)20-8-5-4-6-9-20;/h4-6,8-9,11-12,16H,7,10,13-15,27H2,1-3H3,(H2,28,29,30);1H. The molecule has 0 unspecified atom stereocenters. The number of nitriles is 1. The molecule has 0 aliphatic carbocycles. The fourth-order valence-corrected chi connectivity index (χ4v) is 3.64. The molecule has 0 spiro atoms. The zero-order valence-corrected chi connectivity index (χ0v) is 22.2. The van der Waals surface area contributed by atoms with Crippen molar-refractivity contribution in [1.82, 2.24) is 20.4 Å². The smallest absolute Gasteiger partial charge is 0.190 e. The Morgan fingerprint density at radius 2 is 1.88 bits per heavy atom. The number of nitrogens with zero attached hydrogens (tertiary/aromatic N) is 4. The molecule has 0 saturated heterocycles. The van der Waals surface area contributed by atoms with Crippen molar-refractivity contribution in [3.63, 3.8) is 0 Å². The molecule has 180 valence electrons. The molecule has 2 aromatic carbocycles. The quantitative estimate of drug-likeness (QED) is 0.156. The summed E-state index contributed by atoms with van der Waals surface area (Å²) < 4.78 is 7.08. The molecule has 9 heteroatoms. The van der Waals surface area contributed by atoms with E-state index in [1.54, 1.807) is 18.8 Å². The van der Waals surface area contributed by atoms with E-state index < -0.39 is 0 Å². The number of aliphatic imine (C=N–C) groups is 1. The zero-order valence-electron chi connectivity index (χ0n) is 19.8. The van der Waals surface area contributed by atoms with Gasteiger partial charge in [-0.05, 0) is 49.9 Å². The van der Waals surface area contributed by atoms with Crippen LogP contribution in [-0.4, -0.2) is 43.0 Å². The summed E-state index contributed by atoms with van der Waals surface area (Å²) in [7, 11) is 3.44. The average molecular weight is 573 g/mol. The maximum absolute atomic E-state index is 9.55. The number of benzene rings is 2. The highest BCUT2D eigenvalue weighted by molar-refractivity contribution is 14.0. The Morgan fingerprint density at radius 1 is 1.15 bits per heavy atom. The van der Waals surface area contributed by atoms with Gasteiger partial charge in [-0.25, -0.2) is 4.68 Å². The number of ether oxygens (including phenoxy) is 1. The van der Waals surface area contributed by atoms with Gasteiger partial charge < -0.3 is 21.1 Å². The Hall–Kier alpha value is -3.26. The van der Waals surface area contributed by atoms with Gasteiger partial charge in [-0.2, -0.15) is 10.4 Å². The summed E-state index contributed by atoms with van der Waals surface area (Å²) in [6.45, 7) is 3.50. The lowest BCUT2D eigenvalue weighted by atomic mass is 10.1. The van der Waals surface area contributed by atoms with E-state index in [-0.39, 0.29) is 24.0 Å². The number of aryl methyl sites for hydroxylation is 2. The first-order chi connectivity index (χ1) is 16.1. The Bertz CT molecular complexity index is 1140. The van der Waals surface area contributed by atoms with Gasteiger partial charge >= 0.3 is 0 Å². The van der Waals surface area contributed by atoms with Crippen LogP contribution in [0, 0.1) is 18.3 Å². The molecular formula is C25H32IN7O. The summed E-state index contributed by atoms with van der Waals surface area (Å²) in [5.41, 5.74) is 10.5. The van der Waals surface area contributed by atoms with E-state index in [1.807, 2.05) is 42.5 Å². The second-order valence-corrected chi connectivity index (χ2v) is 7.66. The Balaban J connectivity index is 0.00000408. The van der Waals surface area contributed by atoms with Gasteiger partial charge in [0.15, 0.2) is 5.96 Å². The second-order valence-electron chi connectivity index (χ2n) is 7.66. The fourth-order valence-electron chi connectivity index (χ4n) is 3.64. The van der Waals surface area contributed by atoms with Crippen LogP contribution in [0.1, 0.15) is 28.8 Å². The van der Waals surface area contributed by atoms with E-state index in [4.69, 9.17) is 10.5 Å². The maximum atomic E-state index is 9.55. The van der Waals surface area contributed by atoms with Crippen LogP contribution in [0.4, 0.5) is 5.82 Å². The molecule has 0 aliphatic rings. The van der Waals surface area contributed by atoms with Crippen LogP contribution < -0.4 is 21.1 Å². The summed E-state index contributed by atoms with van der Waals surface area (Å²) in [6.07, 6.45) is 2.25. The van der Waals surface area contributed by atoms with Crippen LogP contribution >= 0.6 is 24.0 Å². The molecule has 0 atom stereocenters. The minimum atomic E-state index is 0. The first kappa shape index (κ1) is 27.0. The predicted molar refractivity (Wildman–Crippen MR) is 147 cm³/mol. The average Bonchev–Trinajstić information content (AvgIpc) is 3.16. The number of hydrogen-bond acceptors (Lipinski definition) is 5. The normalized spacial score (nSPS) is 10.8. The van der Waals surface area contributed by atoms with Crippen LogP contribution in [0.15, 0.2) is 53.5 Å². The van der Waals surface area contributed by atoms with Crippen molar-refractivity contribution in [3.05, 3.63) is 70.9 Å². The van der Waals surface area contributed by atoms with Gasteiger partial charge in [0.2, 0.25) is 0 Å². The molecule has 0 aliphatic heterocycles. The molecule has 8 nitrogen and oxygen atoms in total. The van der Waals surface area contributed by atoms with Gasteiger partial charge in [0, 0.05) is 20.1 Å². The number of nitrogen functional groups attached to an aromatic ring is 1. The van der Waals surface area contributed by atoms with Crippen LogP contribution in [0.5, 0.6) is 5.75 Å². The Labute approximate surface area is 218 Å². The molecule has 1 aromatic heterocycles. The van der Waals surface area contributed by atoms with Crippen molar-refractivity contribution in [1.29, 1.82) is 5.26 Å². The highest BCUT2D eigenvalue weighted by Gasteiger charge is 2.16. The predicted octanol–water partition coefficient (Wildman–Crippen LogP) is 3.60. The highest BCUT2D eigenvalue weighted by atomic mass is 127. The number of para-hydroxylation sites is 1. The molecule has 34 heavy (non-hydrogen) atoms. The lowest BCUT2D eigenvalue weighted by Gasteiger charge is -2.13. The third kappa shape index (κ3) is 6.87.